The van der Waals surface area contributed by atoms with Gasteiger partial charge in [0.15, 0.2) is 6.17 Å². The zero-order valence-electron chi connectivity index (χ0n) is 7.77. The number of nitrogens with one attached hydrogen (secondary N) is 1. The summed E-state index contributed by atoms with van der Waals surface area (Å²) in [5.41, 5.74) is -1.21. The summed E-state index contributed by atoms with van der Waals surface area (Å²) in [5, 5.41) is 0. The van der Waals surface area contributed by atoms with Gasteiger partial charge in [0.2, 0.25) is 6.23 Å². The lowest BCUT2D eigenvalue weighted by atomic mass is 10.3. The van der Waals surface area contributed by atoms with Crippen LogP contribution >= 0.6 is 0 Å². The van der Waals surface area contributed by atoms with Crippen molar-refractivity contribution in [2.45, 2.75) is 18.8 Å². The van der Waals surface area contributed by atoms with Crippen LogP contribution in [0.2, 0.25) is 0 Å². The number of allylic oxidation sites excluding steroid dienone is 1. The molecule has 15 heavy (non-hydrogen) atoms. The molecule has 1 aromatic heterocycles. The van der Waals surface area contributed by atoms with Crippen LogP contribution in [0, 0.1) is 0 Å². The zero-order valence-corrected chi connectivity index (χ0v) is 7.77. The molecule has 0 aliphatic carbocycles. The Labute approximate surface area is 83.8 Å². The molecule has 0 spiro atoms. The zero-order chi connectivity index (χ0) is 11.0. The van der Waals surface area contributed by atoms with Crippen LogP contribution in [0.5, 0.6) is 0 Å². The summed E-state index contributed by atoms with van der Waals surface area (Å²) in [6.07, 6.45) is -1.07. The third-order valence-electron chi connectivity index (χ3n) is 2.14. The number of rotatable bonds is 1. The molecule has 0 radical (unpaired) electrons. The Morgan fingerprint density at radius 3 is 2.87 bits per heavy atom. The molecule has 0 bridgehead atoms. The molecular weight excluding hydrogens is 203 g/mol. The highest BCUT2D eigenvalue weighted by Gasteiger charge is 2.33. The summed E-state index contributed by atoms with van der Waals surface area (Å²) in [6.45, 7) is 3.48. The number of aromatic nitrogens is 2. The van der Waals surface area contributed by atoms with Gasteiger partial charge in [0, 0.05) is 18.7 Å². The van der Waals surface area contributed by atoms with Crippen LogP contribution in [0.1, 0.15) is 12.6 Å². The first-order valence-corrected chi connectivity index (χ1v) is 4.38. The van der Waals surface area contributed by atoms with Gasteiger partial charge in [0.25, 0.3) is 5.56 Å². The van der Waals surface area contributed by atoms with E-state index < -0.39 is 23.6 Å². The predicted octanol–water partition coefficient (Wildman–Crippen LogP) is 0.307. The molecule has 2 heterocycles. The molecular formula is C9H9FN2O3. The second kappa shape index (κ2) is 3.38. The van der Waals surface area contributed by atoms with Gasteiger partial charge in [0.05, 0.1) is 5.76 Å². The van der Waals surface area contributed by atoms with E-state index in [2.05, 4.69) is 6.58 Å². The smallest absolute Gasteiger partial charge is 0.331 e. The number of hydrogen-bond donors (Lipinski definition) is 1. The van der Waals surface area contributed by atoms with E-state index in [-0.39, 0.29) is 6.42 Å². The van der Waals surface area contributed by atoms with Crippen molar-refractivity contribution in [2.75, 3.05) is 0 Å². The molecule has 1 aliphatic rings. The lowest BCUT2D eigenvalue weighted by Gasteiger charge is -2.14. The Morgan fingerprint density at radius 1 is 1.60 bits per heavy atom. The normalized spacial score (nSPS) is 25.3. The molecule has 6 heteroatoms. The van der Waals surface area contributed by atoms with E-state index in [1.807, 2.05) is 4.98 Å². The van der Waals surface area contributed by atoms with Crippen molar-refractivity contribution in [3.8, 4) is 0 Å². The van der Waals surface area contributed by atoms with Crippen molar-refractivity contribution < 1.29 is 9.13 Å². The maximum Gasteiger partial charge on any atom is 0.331 e. The minimum absolute atomic E-state index is 0.0657. The standard InChI is InChI=1S/C9H9FN2O3/c1-5-4-6(10)8(15-5)12-3-2-7(13)11-9(12)14/h2-3,6,8H,1,4H2,(H,11,13,14)/t6-,8-/m0/s1. The van der Waals surface area contributed by atoms with Crippen molar-refractivity contribution >= 4 is 0 Å². The van der Waals surface area contributed by atoms with Crippen LogP contribution in [0.15, 0.2) is 34.2 Å². The number of aromatic amines is 1. The third-order valence-corrected chi connectivity index (χ3v) is 2.14. The van der Waals surface area contributed by atoms with Gasteiger partial charge < -0.3 is 4.74 Å². The molecule has 1 aliphatic heterocycles. The first-order valence-electron chi connectivity index (χ1n) is 4.38. The first-order chi connectivity index (χ1) is 7.08. The highest BCUT2D eigenvalue weighted by Crippen LogP contribution is 2.31. The Morgan fingerprint density at radius 2 is 2.33 bits per heavy atom. The lowest BCUT2D eigenvalue weighted by Crippen LogP contribution is -2.33. The average Bonchev–Trinajstić information content (AvgIpc) is 2.45. The second-order valence-electron chi connectivity index (χ2n) is 3.28. The molecule has 1 fully saturated rings. The van der Waals surface area contributed by atoms with Crippen LogP contribution < -0.4 is 11.2 Å². The van der Waals surface area contributed by atoms with Crippen LogP contribution in [0.25, 0.3) is 0 Å². The molecule has 0 unspecified atom stereocenters. The highest BCUT2D eigenvalue weighted by molar-refractivity contribution is 4.97. The maximum atomic E-state index is 13.4. The maximum absolute atomic E-state index is 13.4. The Hall–Kier alpha value is -1.85. The van der Waals surface area contributed by atoms with Gasteiger partial charge in [-0.25, -0.2) is 9.18 Å². The average molecular weight is 212 g/mol. The third kappa shape index (κ3) is 1.70. The van der Waals surface area contributed by atoms with E-state index in [0.717, 1.165) is 10.6 Å². The largest absolute Gasteiger partial charge is 0.472 e. The molecule has 0 aromatic carbocycles. The lowest BCUT2D eigenvalue weighted by molar-refractivity contribution is 0.0450. The summed E-state index contributed by atoms with van der Waals surface area (Å²) in [4.78, 5) is 24.1. The van der Waals surface area contributed by atoms with Crippen molar-refractivity contribution in [2.24, 2.45) is 0 Å². The van der Waals surface area contributed by atoms with Crippen molar-refractivity contribution in [1.82, 2.24) is 9.55 Å². The summed E-state index contributed by atoms with van der Waals surface area (Å²) < 4.78 is 19.4. The van der Waals surface area contributed by atoms with Crippen LogP contribution in [-0.2, 0) is 4.74 Å². The first kappa shape index (κ1) is 9.70. The minimum atomic E-state index is -1.32. The fourth-order valence-electron chi connectivity index (χ4n) is 1.47. The molecule has 1 N–H and O–H groups in total. The van der Waals surface area contributed by atoms with Gasteiger partial charge in [-0.3, -0.25) is 14.3 Å². The minimum Gasteiger partial charge on any atom is -0.472 e. The van der Waals surface area contributed by atoms with Gasteiger partial charge >= 0.3 is 5.69 Å². The summed E-state index contributed by atoms with van der Waals surface area (Å²) in [7, 11) is 0. The van der Waals surface area contributed by atoms with E-state index in [0.29, 0.717) is 5.76 Å². The molecule has 0 amide bonds. The van der Waals surface area contributed by atoms with E-state index in [1.54, 1.807) is 0 Å². The fraction of sp³-hybridized carbons (Fsp3) is 0.333. The summed E-state index contributed by atoms with van der Waals surface area (Å²) in [6, 6.07) is 1.14. The molecule has 1 saturated heterocycles. The SMILES string of the molecule is C=C1C[C@H](F)[C@@H](n2ccc(=O)[nH]c2=O)O1. The van der Waals surface area contributed by atoms with Crippen LogP contribution in [-0.4, -0.2) is 15.7 Å². The molecule has 80 valence electrons. The second-order valence-corrected chi connectivity index (χ2v) is 3.28. The molecule has 0 saturated carbocycles. The number of halogens is 1. The van der Waals surface area contributed by atoms with E-state index in [1.165, 1.54) is 6.20 Å². The number of hydrogen-bond acceptors (Lipinski definition) is 3. The Bertz CT molecular complexity index is 505. The summed E-state index contributed by atoms with van der Waals surface area (Å²) in [5.74, 6) is 0.297. The van der Waals surface area contributed by atoms with E-state index >= 15 is 0 Å². The monoisotopic (exact) mass is 212 g/mol. The number of ether oxygens (including phenoxy) is 1. The van der Waals surface area contributed by atoms with Gasteiger partial charge in [-0.05, 0) is 0 Å². The van der Waals surface area contributed by atoms with Crippen molar-refractivity contribution in [3.63, 3.8) is 0 Å². The van der Waals surface area contributed by atoms with Gasteiger partial charge in [0.1, 0.15) is 0 Å². The molecule has 2 rings (SSSR count). The molecule has 2 atom stereocenters. The predicted molar refractivity (Wildman–Crippen MR) is 50.1 cm³/mol. The quantitative estimate of drug-likeness (QED) is 0.728. The fourth-order valence-corrected chi connectivity index (χ4v) is 1.47. The Balaban J connectivity index is 2.42. The van der Waals surface area contributed by atoms with Crippen LogP contribution in [0.3, 0.4) is 0 Å². The molecule has 1 aromatic rings. The van der Waals surface area contributed by atoms with E-state index in [9.17, 15) is 14.0 Å². The van der Waals surface area contributed by atoms with Gasteiger partial charge in [-0.15, -0.1) is 0 Å². The van der Waals surface area contributed by atoms with Gasteiger partial charge in [-0.1, -0.05) is 6.58 Å². The van der Waals surface area contributed by atoms with E-state index in [4.69, 9.17) is 4.74 Å². The number of nitrogens with zero attached hydrogens (tertiary/aromatic N) is 1. The Kier molecular flexibility index (Phi) is 2.18. The highest BCUT2D eigenvalue weighted by atomic mass is 19.1. The van der Waals surface area contributed by atoms with Crippen LogP contribution in [0.4, 0.5) is 4.39 Å². The topological polar surface area (TPSA) is 64.1 Å². The number of H-pyrrole nitrogens is 1. The van der Waals surface area contributed by atoms with Gasteiger partial charge in [-0.2, -0.15) is 0 Å². The number of alkyl halides is 1. The summed E-state index contributed by atoms with van der Waals surface area (Å²) >= 11 is 0. The van der Waals surface area contributed by atoms with Crippen molar-refractivity contribution in [3.05, 3.63) is 45.4 Å². The van der Waals surface area contributed by atoms with Crippen molar-refractivity contribution in [1.29, 1.82) is 0 Å². The molecule has 5 nitrogen and oxygen atoms in total.